The van der Waals surface area contributed by atoms with Crippen LogP contribution in [0.25, 0.3) is 10.2 Å². The van der Waals surface area contributed by atoms with Gasteiger partial charge in [0.05, 0.1) is 5.39 Å². The van der Waals surface area contributed by atoms with Crippen LogP contribution in [0.5, 0.6) is 0 Å². The summed E-state index contributed by atoms with van der Waals surface area (Å²) in [6.07, 6.45) is -4.82. The maximum Gasteiger partial charge on any atom is 0.389 e. The summed E-state index contributed by atoms with van der Waals surface area (Å²) in [5.41, 5.74) is 5.74. The Kier molecular flexibility index (Phi) is 3.96. The zero-order chi connectivity index (χ0) is 13.2. The Morgan fingerprint density at radius 2 is 2.11 bits per heavy atom. The molecule has 0 radical (unpaired) electrons. The van der Waals surface area contributed by atoms with Crippen molar-refractivity contribution in [2.45, 2.75) is 24.2 Å². The van der Waals surface area contributed by atoms with E-state index in [0.29, 0.717) is 16.7 Å². The summed E-state index contributed by atoms with van der Waals surface area (Å²) in [7, 11) is 0. The number of hydrogen-bond acceptors (Lipinski definition) is 5. The molecule has 2 aromatic heterocycles. The molecule has 0 aliphatic rings. The van der Waals surface area contributed by atoms with Crippen molar-refractivity contribution in [3.63, 3.8) is 0 Å². The van der Waals surface area contributed by atoms with Crippen molar-refractivity contribution in [1.82, 2.24) is 9.97 Å². The molecule has 3 nitrogen and oxygen atoms in total. The molecule has 18 heavy (non-hydrogen) atoms. The van der Waals surface area contributed by atoms with Crippen LogP contribution in [0, 0.1) is 0 Å². The van der Waals surface area contributed by atoms with E-state index >= 15 is 0 Å². The minimum Gasteiger partial charge on any atom is -0.383 e. The second-order valence-electron chi connectivity index (χ2n) is 3.60. The molecule has 0 aromatic carbocycles. The highest BCUT2D eigenvalue weighted by Crippen LogP contribution is 2.28. The van der Waals surface area contributed by atoms with Crippen LogP contribution in [-0.4, -0.2) is 21.9 Å². The summed E-state index contributed by atoms with van der Waals surface area (Å²) in [6.45, 7) is 0. The molecular weight excluding hydrogens is 283 g/mol. The lowest BCUT2D eigenvalue weighted by Gasteiger charge is -2.05. The van der Waals surface area contributed by atoms with E-state index in [1.807, 2.05) is 11.4 Å². The number of thiophene rings is 1. The molecule has 0 bridgehead atoms. The van der Waals surface area contributed by atoms with E-state index in [1.54, 1.807) is 0 Å². The van der Waals surface area contributed by atoms with Crippen LogP contribution in [0.4, 0.5) is 19.0 Å². The Hall–Kier alpha value is -1.02. The number of rotatable bonds is 4. The largest absolute Gasteiger partial charge is 0.389 e. The Morgan fingerprint density at radius 1 is 1.33 bits per heavy atom. The smallest absolute Gasteiger partial charge is 0.383 e. The van der Waals surface area contributed by atoms with Gasteiger partial charge in [-0.15, -0.1) is 11.3 Å². The summed E-state index contributed by atoms with van der Waals surface area (Å²) >= 11 is 2.63. The van der Waals surface area contributed by atoms with Gasteiger partial charge in [-0.1, -0.05) is 11.8 Å². The van der Waals surface area contributed by atoms with Crippen LogP contribution in [0.15, 0.2) is 16.6 Å². The second kappa shape index (κ2) is 5.31. The number of nitrogens with zero attached hydrogens (tertiary/aromatic N) is 2. The highest BCUT2D eigenvalue weighted by atomic mass is 32.2. The van der Waals surface area contributed by atoms with Crippen molar-refractivity contribution in [2.75, 3.05) is 11.5 Å². The predicted octanol–water partition coefficient (Wildman–Crippen LogP) is 3.71. The SMILES string of the molecule is Nc1nc(SCCCC(F)(F)F)nc2sccc12. The number of hydrogen-bond donors (Lipinski definition) is 1. The number of halogens is 3. The molecule has 0 aliphatic carbocycles. The second-order valence-corrected chi connectivity index (χ2v) is 5.55. The van der Waals surface area contributed by atoms with Crippen molar-refractivity contribution in [1.29, 1.82) is 0 Å². The monoisotopic (exact) mass is 293 g/mol. The molecule has 0 fully saturated rings. The number of aromatic nitrogens is 2. The lowest BCUT2D eigenvalue weighted by Crippen LogP contribution is -2.07. The van der Waals surface area contributed by atoms with Crippen LogP contribution >= 0.6 is 23.1 Å². The molecule has 0 aliphatic heterocycles. The first-order chi connectivity index (χ1) is 8.46. The van der Waals surface area contributed by atoms with Crippen molar-refractivity contribution in [2.24, 2.45) is 0 Å². The predicted molar refractivity (Wildman–Crippen MR) is 67.8 cm³/mol. The number of anilines is 1. The average Bonchev–Trinajstić information content (AvgIpc) is 2.71. The molecule has 0 amide bonds. The summed E-state index contributed by atoms with van der Waals surface area (Å²) in [5.74, 6) is 0.704. The summed E-state index contributed by atoms with van der Waals surface area (Å²) in [4.78, 5) is 9.07. The van der Waals surface area contributed by atoms with Gasteiger partial charge in [-0.25, -0.2) is 9.97 Å². The van der Waals surface area contributed by atoms with E-state index in [1.165, 1.54) is 23.1 Å². The van der Waals surface area contributed by atoms with Gasteiger partial charge < -0.3 is 5.73 Å². The van der Waals surface area contributed by atoms with Crippen molar-refractivity contribution in [3.8, 4) is 0 Å². The third-order valence-electron chi connectivity index (χ3n) is 2.17. The lowest BCUT2D eigenvalue weighted by atomic mass is 10.3. The fourth-order valence-corrected chi connectivity index (χ4v) is 2.98. The van der Waals surface area contributed by atoms with Crippen LogP contribution < -0.4 is 5.73 Å². The molecule has 0 atom stereocenters. The Labute approximate surface area is 110 Å². The molecule has 2 N–H and O–H groups in total. The van der Waals surface area contributed by atoms with Gasteiger partial charge in [0.15, 0.2) is 5.16 Å². The maximum atomic E-state index is 12.0. The molecular formula is C10H10F3N3S2. The van der Waals surface area contributed by atoms with Gasteiger partial charge in [-0.3, -0.25) is 0 Å². The first-order valence-electron chi connectivity index (χ1n) is 5.16. The van der Waals surface area contributed by atoms with E-state index in [4.69, 9.17) is 5.73 Å². The van der Waals surface area contributed by atoms with Gasteiger partial charge in [0.2, 0.25) is 0 Å². The van der Waals surface area contributed by atoms with Crippen LogP contribution in [0.3, 0.4) is 0 Å². The van der Waals surface area contributed by atoms with Gasteiger partial charge in [0.25, 0.3) is 0 Å². The fourth-order valence-electron chi connectivity index (χ4n) is 1.36. The van der Waals surface area contributed by atoms with Crippen LogP contribution in [0.1, 0.15) is 12.8 Å². The average molecular weight is 293 g/mol. The van der Waals surface area contributed by atoms with Gasteiger partial charge in [0.1, 0.15) is 10.6 Å². The molecule has 0 unspecified atom stereocenters. The summed E-state index contributed by atoms with van der Waals surface area (Å²) < 4.78 is 35.9. The number of fused-ring (bicyclic) bond motifs is 1. The molecule has 2 aromatic rings. The molecule has 0 spiro atoms. The van der Waals surface area contributed by atoms with Crippen molar-refractivity contribution < 1.29 is 13.2 Å². The standard InChI is InChI=1S/C10H10F3N3S2/c11-10(12,13)3-1-4-18-9-15-7(14)6-2-5-17-8(6)16-9/h2,5H,1,3-4H2,(H2,14,15,16). The molecule has 8 heteroatoms. The van der Waals surface area contributed by atoms with E-state index in [-0.39, 0.29) is 6.42 Å². The zero-order valence-corrected chi connectivity index (χ0v) is 10.8. The highest BCUT2D eigenvalue weighted by Gasteiger charge is 2.26. The molecule has 2 heterocycles. The van der Waals surface area contributed by atoms with E-state index < -0.39 is 12.6 Å². The van der Waals surface area contributed by atoms with Gasteiger partial charge in [-0.2, -0.15) is 13.2 Å². The number of thioether (sulfide) groups is 1. The number of alkyl halides is 3. The quantitative estimate of drug-likeness (QED) is 0.530. The lowest BCUT2D eigenvalue weighted by molar-refractivity contribution is -0.134. The summed E-state index contributed by atoms with van der Waals surface area (Å²) in [6, 6.07) is 1.83. The van der Waals surface area contributed by atoms with E-state index in [9.17, 15) is 13.2 Å². The maximum absolute atomic E-state index is 12.0. The van der Waals surface area contributed by atoms with E-state index in [2.05, 4.69) is 9.97 Å². The number of nitrogens with two attached hydrogens (primary N) is 1. The van der Waals surface area contributed by atoms with Gasteiger partial charge in [-0.05, 0) is 17.9 Å². The van der Waals surface area contributed by atoms with Gasteiger partial charge in [0, 0.05) is 12.2 Å². The topological polar surface area (TPSA) is 51.8 Å². The van der Waals surface area contributed by atoms with E-state index in [0.717, 1.165) is 10.2 Å². The van der Waals surface area contributed by atoms with Crippen molar-refractivity contribution >= 4 is 39.1 Å². The third kappa shape index (κ3) is 3.49. The molecule has 2 rings (SSSR count). The fraction of sp³-hybridized carbons (Fsp3) is 0.400. The molecule has 0 saturated heterocycles. The summed E-state index contributed by atoms with van der Waals surface area (Å²) in [5, 5.41) is 3.08. The number of nitrogen functional groups attached to an aromatic ring is 1. The van der Waals surface area contributed by atoms with Crippen molar-refractivity contribution in [3.05, 3.63) is 11.4 Å². The van der Waals surface area contributed by atoms with Crippen LogP contribution in [0.2, 0.25) is 0 Å². The molecule has 0 saturated carbocycles. The normalized spacial score (nSPS) is 12.2. The minimum atomic E-state index is -4.10. The van der Waals surface area contributed by atoms with Gasteiger partial charge >= 0.3 is 6.18 Å². The minimum absolute atomic E-state index is 0.0555. The third-order valence-corrected chi connectivity index (χ3v) is 3.91. The zero-order valence-electron chi connectivity index (χ0n) is 9.20. The highest BCUT2D eigenvalue weighted by molar-refractivity contribution is 7.99. The molecule has 98 valence electrons. The Bertz CT molecular complexity index is 539. The Balaban J connectivity index is 1.95. The first kappa shape index (κ1) is 13.4. The van der Waals surface area contributed by atoms with Crippen LogP contribution in [-0.2, 0) is 0 Å². The Morgan fingerprint density at radius 3 is 2.83 bits per heavy atom. The first-order valence-corrected chi connectivity index (χ1v) is 7.02.